The van der Waals surface area contributed by atoms with Crippen LogP contribution in [0.2, 0.25) is 0 Å². The van der Waals surface area contributed by atoms with Crippen LogP contribution in [0.15, 0.2) is 16.7 Å². The lowest BCUT2D eigenvalue weighted by Gasteiger charge is -2.13. The number of hydrogen-bond acceptors (Lipinski definition) is 4. The summed E-state index contributed by atoms with van der Waals surface area (Å²) in [7, 11) is 0. The van der Waals surface area contributed by atoms with Gasteiger partial charge in [-0.15, -0.1) is 0 Å². The van der Waals surface area contributed by atoms with Gasteiger partial charge in [-0.1, -0.05) is 13.3 Å². The third-order valence-electron chi connectivity index (χ3n) is 2.80. The minimum Gasteiger partial charge on any atom is -0.475 e. The molecule has 0 aliphatic rings. The van der Waals surface area contributed by atoms with Crippen LogP contribution in [0.3, 0.4) is 0 Å². The highest BCUT2D eigenvalue weighted by molar-refractivity contribution is 5.86. The molecule has 1 aromatic rings. The molecule has 1 rings (SSSR count). The minimum absolute atomic E-state index is 0.00675. The van der Waals surface area contributed by atoms with Gasteiger partial charge in [0.15, 0.2) is 0 Å². The van der Waals surface area contributed by atoms with Crippen LogP contribution in [0.4, 0.5) is 0 Å². The van der Waals surface area contributed by atoms with E-state index in [9.17, 15) is 4.79 Å². The first-order chi connectivity index (χ1) is 8.19. The van der Waals surface area contributed by atoms with Crippen LogP contribution >= 0.6 is 0 Å². The third-order valence-corrected chi connectivity index (χ3v) is 2.80. The number of carboxylic acid groups (broad SMARTS) is 1. The molecule has 0 saturated carbocycles. The fourth-order valence-corrected chi connectivity index (χ4v) is 1.71. The van der Waals surface area contributed by atoms with Gasteiger partial charge in [0.25, 0.3) is 0 Å². The van der Waals surface area contributed by atoms with Crippen molar-refractivity contribution in [1.82, 2.24) is 5.32 Å². The van der Waals surface area contributed by atoms with Crippen LogP contribution in [0, 0.1) is 5.92 Å². The van der Waals surface area contributed by atoms with E-state index in [0.717, 1.165) is 19.4 Å². The summed E-state index contributed by atoms with van der Waals surface area (Å²) in [5.41, 5.74) is 0.649. The number of aliphatic hydroxyl groups excluding tert-OH is 1. The van der Waals surface area contributed by atoms with Crippen molar-refractivity contribution in [1.29, 1.82) is 0 Å². The Bertz CT molecular complexity index is 348. The Labute approximate surface area is 100 Å². The fraction of sp³-hybridized carbons (Fsp3) is 0.583. The van der Waals surface area contributed by atoms with E-state index >= 15 is 0 Å². The summed E-state index contributed by atoms with van der Waals surface area (Å²) in [6, 6.07) is 1.66. The zero-order chi connectivity index (χ0) is 12.7. The van der Waals surface area contributed by atoms with Crippen molar-refractivity contribution in [2.75, 3.05) is 13.2 Å². The van der Waals surface area contributed by atoms with Crippen molar-refractivity contribution in [3.63, 3.8) is 0 Å². The van der Waals surface area contributed by atoms with E-state index in [1.54, 1.807) is 6.07 Å². The molecule has 0 bridgehead atoms. The molecule has 96 valence electrons. The number of carbonyl (C=O) groups is 1. The minimum atomic E-state index is -1.05. The molecule has 0 fully saturated rings. The summed E-state index contributed by atoms with van der Waals surface area (Å²) in [5.74, 6) is -0.637. The highest BCUT2D eigenvalue weighted by atomic mass is 16.4. The average molecular weight is 241 g/mol. The average Bonchev–Trinajstić information content (AvgIpc) is 2.76. The predicted molar refractivity (Wildman–Crippen MR) is 62.9 cm³/mol. The zero-order valence-corrected chi connectivity index (χ0v) is 9.98. The lowest BCUT2D eigenvalue weighted by Crippen LogP contribution is -2.23. The Morgan fingerprint density at radius 1 is 1.59 bits per heavy atom. The highest BCUT2D eigenvalue weighted by Gasteiger charge is 2.13. The first-order valence-corrected chi connectivity index (χ1v) is 5.80. The topological polar surface area (TPSA) is 82.7 Å². The second-order valence-corrected chi connectivity index (χ2v) is 4.00. The Balaban J connectivity index is 2.39. The summed E-state index contributed by atoms with van der Waals surface area (Å²) in [4.78, 5) is 10.8. The smallest absolute Gasteiger partial charge is 0.372 e. The Morgan fingerprint density at radius 2 is 2.35 bits per heavy atom. The van der Waals surface area contributed by atoms with Crippen molar-refractivity contribution < 1.29 is 19.4 Å². The van der Waals surface area contributed by atoms with E-state index in [-0.39, 0.29) is 12.4 Å². The van der Waals surface area contributed by atoms with E-state index in [0.29, 0.717) is 18.0 Å². The molecule has 0 saturated heterocycles. The van der Waals surface area contributed by atoms with Crippen LogP contribution in [-0.2, 0) is 6.54 Å². The van der Waals surface area contributed by atoms with Crippen molar-refractivity contribution in [2.45, 2.75) is 26.3 Å². The fourth-order valence-electron chi connectivity index (χ4n) is 1.71. The van der Waals surface area contributed by atoms with Gasteiger partial charge in [-0.25, -0.2) is 4.79 Å². The van der Waals surface area contributed by atoms with Gasteiger partial charge in [-0.3, -0.25) is 0 Å². The lowest BCUT2D eigenvalue weighted by molar-refractivity contribution is 0.0660. The second kappa shape index (κ2) is 7.09. The maximum Gasteiger partial charge on any atom is 0.372 e. The molecule has 0 aromatic carbocycles. The molecule has 5 heteroatoms. The molecule has 0 spiro atoms. The molecule has 0 aliphatic heterocycles. The molecular formula is C12H19NO4. The van der Waals surface area contributed by atoms with Crippen molar-refractivity contribution in [3.05, 3.63) is 23.7 Å². The molecule has 0 aliphatic carbocycles. The van der Waals surface area contributed by atoms with Gasteiger partial charge in [0.05, 0.1) is 6.26 Å². The summed E-state index contributed by atoms with van der Waals surface area (Å²) in [6.45, 7) is 3.50. The number of nitrogens with one attached hydrogen (secondary N) is 1. The van der Waals surface area contributed by atoms with Crippen molar-refractivity contribution in [3.8, 4) is 0 Å². The van der Waals surface area contributed by atoms with Gasteiger partial charge in [0.2, 0.25) is 5.76 Å². The molecular weight excluding hydrogens is 222 g/mol. The molecule has 17 heavy (non-hydrogen) atoms. The van der Waals surface area contributed by atoms with Gasteiger partial charge in [0.1, 0.15) is 0 Å². The number of aromatic carboxylic acids is 1. The lowest BCUT2D eigenvalue weighted by atomic mass is 10.0. The number of aliphatic hydroxyl groups is 1. The first-order valence-electron chi connectivity index (χ1n) is 5.80. The predicted octanol–water partition coefficient (Wildman–Crippen LogP) is 1.48. The third kappa shape index (κ3) is 4.20. The molecule has 3 N–H and O–H groups in total. The number of hydrogen-bond donors (Lipinski definition) is 3. The monoisotopic (exact) mass is 241 g/mol. The van der Waals surface area contributed by atoms with Crippen LogP contribution in [0.1, 0.15) is 35.9 Å². The van der Waals surface area contributed by atoms with Crippen molar-refractivity contribution >= 4 is 5.97 Å². The van der Waals surface area contributed by atoms with Gasteiger partial charge in [-0.05, 0) is 24.9 Å². The standard InChI is InChI=1S/C12H19NO4/c1-2-9(3-5-14)7-13-8-10-4-6-17-11(10)12(15)16/h4,6,9,13-14H,2-3,5,7-8H2,1H3,(H,15,16). The van der Waals surface area contributed by atoms with Crippen LogP contribution in [-0.4, -0.2) is 29.3 Å². The summed E-state index contributed by atoms with van der Waals surface area (Å²) in [5, 5.41) is 20.9. The molecule has 1 atom stereocenters. The number of rotatable bonds is 8. The second-order valence-electron chi connectivity index (χ2n) is 4.00. The number of carboxylic acids is 1. The maximum absolute atomic E-state index is 10.8. The summed E-state index contributed by atoms with van der Waals surface area (Å²) >= 11 is 0. The molecule has 1 heterocycles. The van der Waals surface area contributed by atoms with E-state index < -0.39 is 5.97 Å². The normalized spacial score (nSPS) is 12.6. The highest BCUT2D eigenvalue weighted by Crippen LogP contribution is 2.11. The van der Waals surface area contributed by atoms with Crippen LogP contribution < -0.4 is 5.32 Å². The van der Waals surface area contributed by atoms with Gasteiger partial charge in [0, 0.05) is 18.7 Å². The Morgan fingerprint density at radius 3 is 2.94 bits per heavy atom. The van der Waals surface area contributed by atoms with Gasteiger partial charge < -0.3 is 19.9 Å². The summed E-state index contributed by atoms with van der Waals surface area (Å²) < 4.78 is 4.88. The maximum atomic E-state index is 10.8. The zero-order valence-electron chi connectivity index (χ0n) is 9.98. The van der Waals surface area contributed by atoms with Gasteiger partial charge in [-0.2, -0.15) is 0 Å². The summed E-state index contributed by atoms with van der Waals surface area (Å²) in [6.07, 6.45) is 3.14. The van der Waals surface area contributed by atoms with Crippen molar-refractivity contribution in [2.24, 2.45) is 5.92 Å². The number of furan rings is 1. The quantitative estimate of drug-likeness (QED) is 0.642. The van der Waals surface area contributed by atoms with Gasteiger partial charge >= 0.3 is 5.97 Å². The van der Waals surface area contributed by atoms with Crippen LogP contribution in [0.5, 0.6) is 0 Å². The molecule has 1 aromatic heterocycles. The SMILES string of the molecule is CCC(CCO)CNCc1ccoc1C(=O)O. The van der Waals surface area contributed by atoms with E-state index in [1.807, 2.05) is 0 Å². The Kier molecular flexibility index (Phi) is 5.72. The molecule has 0 radical (unpaired) electrons. The van der Waals surface area contributed by atoms with E-state index in [2.05, 4.69) is 12.2 Å². The largest absolute Gasteiger partial charge is 0.475 e. The molecule has 1 unspecified atom stereocenters. The van der Waals surface area contributed by atoms with E-state index in [4.69, 9.17) is 14.6 Å². The van der Waals surface area contributed by atoms with Crippen LogP contribution in [0.25, 0.3) is 0 Å². The van der Waals surface area contributed by atoms with E-state index in [1.165, 1.54) is 6.26 Å². The molecule has 0 amide bonds. The Hall–Kier alpha value is -1.33. The molecule has 5 nitrogen and oxygen atoms in total. The first kappa shape index (κ1) is 13.7.